The summed E-state index contributed by atoms with van der Waals surface area (Å²) < 4.78 is 3.73. The smallest absolute Gasteiger partial charge is 0.328 e. The fourth-order valence-corrected chi connectivity index (χ4v) is 1.62. The number of hydrogen-bond donors (Lipinski definition) is 2. The molecule has 86 valence electrons. The van der Waals surface area contributed by atoms with Gasteiger partial charge < -0.3 is 12.4 Å². The van der Waals surface area contributed by atoms with Gasteiger partial charge in [0.2, 0.25) is 12.1 Å². The maximum atomic E-state index is 11.3. The van der Waals surface area contributed by atoms with Gasteiger partial charge in [-0.15, -0.1) is 0 Å². The van der Waals surface area contributed by atoms with Crippen molar-refractivity contribution in [3.05, 3.63) is 44.0 Å². The van der Waals surface area contributed by atoms with Gasteiger partial charge in [-0.3, -0.25) is 14.8 Å². The van der Waals surface area contributed by atoms with Gasteiger partial charge in [0, 0.05) is 0 Å². The number of imidazole rings is 1. The molecule has 0 aliphatic rings. The summed E-state index contributed by atoms with van der Waals surface area (Å²) in [7, 11) is 1.84. The lowest BCUT2D eigenvalue weighted by Gasteiger charge is -1.96. The molecule has 0 aliphatic carbocycles. The molecule has 2 aromatic rings. The average molecular weight is 308 g/mol. The van der Waals surface area contributed by atoms with E-state index in [1.165, 1.54) is 0 Å². The van der Waals surface area contributed by atoms with Crippen LogP contribution in [0.2, 0.25) is 0 Å². The van der Waals surface area contributed by atoms with Crippen LogP contribution in [-0.4, -0.2) is 14.5 Å². The third kappa shape index (κ3) is 2.25. The largest absolute Gasteiger partial charge is 1.00 e. The first-order valence-electron chi connectivity index (χ1n) is 4.13. The van der Waals surface area contributed by atoms with E-state index in [-0.39, 0.29) is 12.4 Å². The van der Waals surface area contributed by atoms with Crippen molar-refractivity contribution in [1.82, 2.24) is 14.5 Å². The first kappa shape index (κ1) is 12.7. The third-order valence-electron chi connectivity index (χ3n) is 1.89. The van der Waals surface area contributed by atoms with E-state index in [0.717, 1.165) is 0 Å². The van der Waals surface area contributed by atoms with Crippen LogP contribution in [-0.2, 0) is 7.05 Å². The lowest BCUT2D eigenvalue weighted by atomic mass is 10.5. The number of hydrogen-bond acceptors (Lipinski definition) is 2. The second-order valence-electron chi connectivity index (χ2n) is 3.06. The predicted molar refractivity (Wildman–Crippen MR) is 55.9 cm³/mol. The molecule has 0 amide bonds. The Balaban J connectivity index is 0.00000128. The van der Waals surface area contributed by atoms with Crippen LogP contribution in [0.3, 0.4) is 0 Å². The van der Waals surface area contributed by atoms with Crippen molar-refractivity contribution in [3.63, 3.8) is 0 Å². The molecule has 0 radical (unpaired) electrons. The van der Waals surface area contributed by atoms with Crippen molar-refractivity contribution in [2.75, 3.05) is 0 Å². The first-order chi connectivity index (χ1) is 7.08. The number of nitrogens with zero attached hydrogens (tertiary/aromatic N) is 2. The minimum atomic E-state index is -0.533. The summed E-state index contributed by atoms with van der Waals surface area (Å²) in [6.07, 6.45) is 5.26. The summed E-state index contributed by atoms with van der Waals surface area (Å²) in [6, 6.07) is 0. The highest BCUT2D eigenvalue weighted by Gasteiger charge is 2.13. The topological polar surface area (TPSA) is 74.5 Å². The second-order valence-corrected chi connectivity index (χ2v) is 3.85. The molecule has 2 heterocycles. The van der Waals surface area contributed by atoms with Crippen LogP contribution in [0.1, 0.15) is 0 Å². The Hall–Kier alpha value is -1.34. The van der Waals surface area contributed by atoms with Gasteiger partial charge in [-0.1, -0.05) is 0 Å². The van der Waals surface area contributed by atoms with Crippen molar-refractivity contribution in [2.24, 2.45) is 7.05 Å². The summed E-state index contributed by atoms with van der Waals surface area (Å²) >= 11 is 3.12. The molecule has 0 aliphatic heterocycles. The zero-order valence-corrected chi connectivity index (χ0v) is 10.5. The third-order valence-corrected chi connectivity index (χ3v) is 2.63. The molecular weight excluding hydrogens is 299 g/mol. The highest BCUT2D eigenvalue weighted by atomic mass is 79.9. The van der Waals surface area contributed by atoms with E-state index in [1.807, 2.05) is 7.05 Å². The number of aryl methyl sites for hydroxylation is 1. The van der Waals surface area contributed by atoms with Crippen molar-refractivity contribution in [2.45, 2.75) is 0 Å². The monoisotopic (exact) mass is 306 g/mol. The van der Waals surface area contributed by atoms with E-state index in [2.05, 4.69) is 25.9 Å². The van der Waals surface area contributed by atoms with E-state index >= 15 is 0 Å². The standard InChI is InChI=1S/C8H7BrN4O2.ClH/c1-12-2-3-13(4-12)6-5(9)7(14)11-8(15)10-6;/h2-4H,1H3,(H-,10,11,14,15);1H. The maximum Gasteiger partial charge on any atom is 0.328 e. The van der Waals surface area contributed by atoms with E-state index in [9.17, 15) is 9.59 Å². The second kappa shape index (κ2) is 4.67. The molecule has 0 fully saturated rings. The maximum absolute atomic E-state index is 11.3. The molecule has 0 spiro atoms. The number of nitrogens with one attached hydrogen (secondary N) is 2. The van der Waals surface area contributed by atoms with Gasteiger partial charge >= 0.3 is 5.69 Å². The van der Waals surface area contributed by atoms with Crippen molar-refractivity contribution in [3.8, 4) is 5.82 Å². The van der Waals surface area contributed by atoms with Gasteiger partial charge in [0.25, 0.3) is 5.56 Å². The van der Waals surface area contributed by atoms with Gasteiger partial charge in [0.05, 0.1) is 7.05 Å². The van der Waals surface area contributed by atoms with Crippen LogP contribution in [0, 0.1) is 0 Å². The number of H-pyrrole nitrogens is 2. The molecule has 0 aromatic carbocycles. The Morgan fingerprint density at radius 2 is 2.06 bits per heavy atom. The van der Waals surface area contributed by atoms with Gasteiger partial charge in [0.1, 0.15) is 16.9 Å². The fourth-order valence-electron chi connectivity index (χ4n) is 1.22. The quantitative estimate of drug-likeness (QED) is 0.535. The van der Waals surface area contributed by atoms with Gasteiger partial charge in [-0.2, -0.15) is 4.57 Å². The normalized spacial score (nSPS) is 9.88. The summed E-state index contributed by atoms with van der Waals surface area (Å²) in [4.78, 5) is 27.0. The van der Waals surface area contributed by atoms with Crippen LogP contribution in [0.4, 0.5) is 0 Å². The molecule has 0 bridgehead atoms. The molecular formula is C8H8BrClN4O2. The molecule has 16 heavy (non-hydrogen) atoms. The molecule has 2 N–H and O–H groups in total. The van der Waals surface area contributed by atoms with E-state index < -0.39 is 11.2 Å². The van der Waals surface area contributed by atoms with Crippen LogP contribution in [0.25, 0.3) is 5.82 Å². The number of halogens is 2. The fraction of sp³-hybridized carbons (Fsp3) is 0.125. The minimum absolute atomic E-state index is 0. The lowest BCUT2D eigenvalue weighted by molar-refractivity contribution is -0.670. The first-order valence-corrected chi connectivity index (χ1v) is 4.93. The predicted octanol–water partition coefficient (Wildman–Crippen LogP) is -3.56. The Labute approximate surface area is 104 Å². The molecule has 8 heteroatoms. The molecule has 0 atom stereocenters. The minimum Gasteiger partial charge on any atom is -1.00 e. The molecule has 6 nitrogen and oxygen atoms in total. The average Bonchev–Trinajstić information content (AvgIpc) is 2.58. The molecule has 2 aromatic heterocycles. The summed E-state index contributed by atoms with van der Waals surface area (Å²) in [5.41, 5.74) is -0.986. The zero-order valence-electron chi connectivity index (χ0n) is 8.20. The SMILES string of the molecule is C[n+]1ccn(-c2[nH]c(=O)[nH]c(=O)c2Br)c1.[Cl-]. The molecule has 0 saturated heterocycles. The highest BCUT2D eigenvalue weighted by molar-refractivity contribution is 9.10. The van der Waals surface area contributed by atoms with Crippen LogP contribution < -0.4 is 28.2 Å². The lowest BCUT2D eigenvalue weighted by Crippen LogP contribution is -3.00. The van der Waals surface area contributed by atoms with Crippen molar-refractivity contribution < 1.29 is 17.0 Å². The van der Waals surface area contributed by atoms with Gasteiger partial charge in [-0.25, -0.2) is 9.36 Å². The molecule has 0 unspecified atom stereocenters. The van der Waals surface area contributed by atoms with Crippen LogP contribution >= 0.6 is 15.9 Å². The summed E-state index contributed by atoms with van der Waals surface area (Å²) in [5, 5.41) is 0. The van der Waals surface area contributed by atoms with Crippen molar-refractivity contribution in [1.29, 1.82) is 0 Å². The van der Waals surface area contributed by atoms with Gasteiger partial charge in [-0.05, 0) is 15.9 Å². The summed E-state index contributed by atoms with van der Waals surface area (Å²) in [6.45, 7) is 0. The van der Waals surface area contributed by atoms with E-state index in [1.54, 1.807) is 27.9 Å². The Morgan fingerprint density at radius 1 is 1.38 bits per heavy atom. The van der Waals surface area contributed by atoms with Crippen LogP contribution in [0.5, 0.6) is 0 Å². The number of rotatable bonds is 1. The number of aromatic nitrogens is 4. The molecule has 0 saturated carbocycles. The van der Waals surface area contributed by atoms with E-state index in [4.69, 9.17) is 0 Å². The Morgan fingerprint density at radius 3 is 2.62 bits per heavy atom. The van der Waals surface area contributed by atoms with Crippen LogP contribution in [0.15, 0.2) is 32.8 Å². The van der Waals surface area contributed by atoms with Gasteiger partial charge in [0.15, 0.2) is 0 Å². The highest BCUT2D eigenvalue weighted by Crippen LogP contribution is 2.10. The van der Waals surface area contributed by atoms with Crippen molar-refractivity contribution >= 4 is 15.9 Å². The zero-order chi connectivity index (χ0) is 11.0. The van der Waals surface area contributed by atoms with E-state index in [0.29, 0.717) is 10.3 Å². The number of aromatic amines is 2. The Kier molecular flexibility index (Phi) is 3.71. The Bertz CT molecular complexity index is 615. The summed E-state index contributed by atoms with van der Waals surface area (Å²) in [5.74, 6) is 0.407. The molecule has 2 rings (SSSR count).